The molecule has 0 amide bonds. The minimum Gasteiger partial charge on any atom is -0.206 e. The molecule has 0 saturated carbocycles. The van der Waals surface area contributed by atoms with E-state index >= 15 is 0 Å². The van der Waals surface area contributed by atoms with Crippen molar-refractivity contribution in [3.63, 3.8) is 0 Å². The Morgan fingerprint density at radius 3 is 2.71 bits per heavy atom. The van der Waals surface area contributed by atoms with Crippen molar-refractivity contribution in [2.45, 2.75) is 39.0 Å². The Kier molecular flexibility index (Phi) is 3.31. The monoisotopic (exact) mass is 252 g/mol. The number of aryl methyl sites for hydroxylation is 1. The summed E-state index contributed by atoms with van der Waals surface area (Å²) in [5, 5.41) is 0.00802. The first-order chi connectivity index (χ1) is 7.87. The molecule has 17 heavy (non-hydrogen) atoms. The first-order valence-electron chi connectivity index (χ1n) is 5.99. The van der Waals surface area contributed by atoms with Crippen molar-refractivity contribution in [1.82, 2.24) is 0 Å². The lowest BCUT2D eigenvalue weighted by Crippen LogP contribution is -2.22. The van der Waals surface area contributed by atoms with Gasteiger partial charge in [0, 0.05) is 5.56 Å². The molecular weight excluding hydrogens is 235 g/mol. The fourth-order valence-electron chi connectivity index (χ4n) is 2.52. The Labute approximate surface area is 107 Å². The van der Waals surface area contributed by atoms with Gasteiger partial charge in [-0.05, 0) is 42.9 Å². The van der Waals surface area contributed by atoms with Gasteiger partial charge in [0.05, 0.1) is 5.38 Å². The van der Waals surface area contributed by atoms with Gasteiger partial charge in [-0.2, -0.15) is 0 Å². The minimum atomic E-state index is -0.150. The third kappa shape index (κ3) is 2.90. The van der Waals surface area contributed by atoms with E-state index in [9.17, 15) is 4.39 Å². The highest BCUT2D eigenvalue weighted by Gasteiger charge is 2.29. The molecule has 0 nitrogen and oxygen atoms in total. The summed E-state index contributed by atoms with van der Waals surface area (Å²) in [6, 6.07) is 5.24. The fourth-order valence-corrected chi connectivity index (χ4v) is 3.09. The molecule has 0 N–H and O–H groups in total. The van der Waals surface area contributed by atoms with Crippen LogP contribution in [0.1, 0.15) is 37.8 Å². The Morgan fingerprint density at radius 2 is 2.06 bits per heavy atom. The van der Waals surface area contributed by atoms with Crippen LogP contribution in [0.15, 0.2) is 24.3 Å². The summed E-state index contributed by atoms with van der Waals surface area (Å²) >= 11 is 6.24. The zero-order chi connectivity index (χ0) is 12.6. The molecule has 0 bridgehead atoms. The molecule has 1 aromatic rings. The maximum Gasteiger partial charge on any atom is 0.130 e. The van der Waals surface area contributed by atoms with E-state index in [1.807, 2.05) is 19.1 Å². The van der Waals surface area contributed by atoms with Crippen molar-refractivity contribution >= 4 is 17.2 Å². The van der Waals surface area contributed by atoms with E-state index in [1.54, 1.807) is 6.07 Å². The molecule has 0 spiro atoms. The Balaban J connectivity index is 2.43. The fraction of sp³-hybridized carbons (Fsp3) is 0.467. The van der Waals surface area contributed by atoms with Gasteiger partial charge in [-0.15, -0.1) is 11.6 Å². The smallest absolute Gasteiger partial charge is 0.130 e. The van der Waals surface area contributed by atoms with Gasteiger partial charge in [0.15, 0.2) is 0 Å². The summed E-state index contributed by atoms with van der Waals surface area (Å²) in [4.78, 5) is 0. The van der Waals surface area contributed by atoms with Crippen LogP contribution in [0, 0.1) is 18.2 Å². The van der Waals surface area contributed by atoms with Crippen molar-refractivity contribution < 1.29 is 4.39 Å². The molecule has 1 aliphatic rings. The highest BCUT2D eigenvalue weighted by molar-refractivity contribution is 6.22. The van der Waals surface area contributed by atoms with Crippen LogP contribution in [0.25, 0.3) is 5.57 Å². The molecule has 1 aliphatic carbocycles. The third-order valence-electron chi connectivity index (χ3n) is 3.27. The standard InChI is InChI=1S/C15H18ClF/c1-10-4-5-14(17)13(6-10)11-7-12(16)9-15(2,3)8-11/h4-7,12H,8-9H2,1-3H3. The van der Waals surface area contributed by atoms with Crippen LogP contribution in [0.2, 0.25) is 0 Å². The Bertz CT molecular complexity index is 460. The predicted octanol–water partition coefficient (Wildman–Crippen LogP) is 4.94. The highest BCUT2D eigenvalue weighted by atomic mass is 35.5. The summed E-state index contributed by atoms with van der Waals surface area (Å²) in [5.74, 6) is -0.150. The molecule has 0 heterocycles. The van der Waals surface area contributed by atoms with Crippen molar-refractivity contribution in [2.75, 3.05) is 0 Å². The van der Waals surface area contributed by atoms with E-state index in [-0.39, 0.29) is 16.6 Å². The number of halogens is 2. The van der Waals surface area contributed by atoms with Crippen LogP contribution < -0.4 is 0 Å². The molecule has 0 saturated heterocycles. The second-order valence-corrected chi connectivity index (χ2v) is 6.30. The molecule has 92 valence electrons. The summed E-state index contributed by atoms with van der Waals surface area (Å²) in [6.45, 7) is 6.35. The SMILES string of the molecule is Cc1ccc(F)c(C2=CC(Cl)CC(C)(C)C2)c1. The topological polar surface area (TPSA) is 0 Å². The number of allylic oxidation sites excluding steroid dienone is 2. The van der Waals surface area contributed by atoms with Gasteiger partial charge in [0.25, 0.3) is 0 Å². The van der Waals surface area contributed by atoms with Crippen molar-refractivity contribution in [3.8, 4) is 0 Å². The highest BCUT2D eigenvalue weighted by Crippen LogP contribution is 2.41. The van der Waals surface area contributed by atoms with E-state index < -0.39 is 0 Å². The van der Waals surface area contributed by atoms with E-state index in [0.29, 0.717) is 5.56 Å². The molecule has 0 fully saturated rings. The quantitative estimate of drug-likeness (QED) is 0.621. The molecule has 1 atom stereocenters. The number of hydrogen-bond donors (Lipinski definition) is 0. The summed E-state index contributed by atoms with van der Waals surface area (Å²) < 4.78 is 13.8. The van der Waals surface area contributed by atoms with Crippen molar-refractivity contribution in [1.29, 1.82) is 0 Å². The molecular formula is C15H18ClF. The van der Waals surface area contributed by atoms with Crippen LogP contribution in [0.5, 0.6) is 0 Å². The van der Waals surface area contributed by atoms with Crippen molar-refractivity contribution in [3.05, 3.63) is 41.2 Å². The summed E-state index contributed by atoms with van der Waals surface area (Å²) in [7, 11) is 0. The second kappa shape index (κ2) is 4.45. The van der Waals surface area contributed by atoms with Gasteiger partial charge in [-0.25, -0.2) is 4.39 Å². The number of benzene rings is 1. The van der Waals surface area contributed by atoms with Gasteiger partial charge < -0.3 is 0 Å². The zero-order valence-corrected chi connectivity index (χ0v) is 11.3. The summed E-state index contributed by atoms with van der Waals surface area (Å²) in [5.41, 5.74) is 2.98. The predicted molar refractivity (Wildman–Crippen MR) is 71.8 cm³/mol. The molecule has 0 aliphatic heterocycles. The molecule has 2 heteroatoms. The Hall–Kier alpha value is -0.820. The van der Waals surface area contributed by atoms with Gasteiger partial charge >= 0.3 is 0 Å². The molecule has 0 aromatic heterocycles. The van der Waals surface area contributed by atoms with E-state index in [0.717, 1.165) is 24.0 Å². The first-order valence-corrected chi connectivity index (χ1v) is 6.42. The van der Waals surface area contributed by atoms with Gasteiger partial charge in [0.2, 0.25) is 0 Å². The van der Waals surface area contributed by atoms with E-state index in [4.69, 9.17) is 11.6 Å². The average molecular weight is 253 g/mol. The normalized spacial score (nSPS) is 23.4. The van der Waals surface area contributed by atoms with E-state index in [2.05, 4.69) is 13.8 Å². The van der Waals surface area contributed by atoms with Crippen LogP contribution in [-0.4, -0.2) is 5.38 Å². The van der Waals surface area contributed by atoms with Crippen LogP contribution in [0.4, 0.5) is 4.39 Å². The molecule has 1 aromatic carbocycles. The molecule has 0 radical (unpaired) electrons. The summed E-state index contributed by atoms with van der Waals surface area (Å²) in [6.07, 6.45) is 3.84. The Morgan fingerprint density at radius 1 is 1.35 bits per heavy atom. The number of hydrogen-bond acceptors (Lipinski definition) is 0. The maximum absolute atomic E-state index is 13.8. The lowest BCUT2D eigenvalue weighted by molar-refractivity contribution is 0.340. The minimum absolute atomic E-state index is 0.00802. The molecule has 1 unspecified atom stereocenters. The van der Waals surface area contributed by atoms with E-state index in [1.165, 1.54) is 6.07 Å². The largest absolute Gasteiger partial charge is 0.206 e. The van der Waals surface area contributed by atoms with Crippen LogP contribution >= 0.6 is 11.6 Å². The number of alkyl halides is 1. The average Bonchev–Trinajstić information content (AvgIpc) is 2.18. The van der Waals surface area contributed by atoms with Crippen LogP contribution in [-0.2, 0) is 0 Å². The van der Waals surface area contributed by atoms with Gasteiger partial charge in [0.1, 0.15) is 5.82 Å². The van der Waals surface area contributed by atoms with Gasteiger partial charge in [-0.1, -0.05) is 31.6 Å². The van der Waals surface area contributed by atoms with Crippen molar-refractivity contribution in [2.24, 2.45) is 5.41 Å². The third-order valence-corrected chi connectivity index (χ3v) is 3.55. The number of rotatable bonds is 1. The van der Waals surface area contributed by atoms with Crippen LogP contribution in [0.3, 0.4) is 0 Å². The van der Waals surface area contributed by atoms with Gasteiger partial charge in [-0.3, -0.25) is 0 Å². The lowest BCUT2D eigenvalue weighted by Gasteiger charge is -2.32. The lowest BCUT2D eigenvalue weighted by atomic mass is 9.75. The maximum atomic E-state index is 13.8. The first kappa shape index (κ1) is 12.6. The zero-order valence-electron chi connectivity index (χ0n) is 10.6. The molecule has 2 rings (SSSR count). The second-order valence-electron chi connectivity index (χ2n) is 5.74.